The first-order chi connectivity index (χ1) is 12.7. The third-order valence-electron chi connectivity index (χ3n) is 5.18. The van der Waals surface area contributed by atoms with Crippen LogP contribution in [-0.2, 0) is 27.7 Å². The van der Waals surface area contributed by atoms with Crippen LogP contribution in [0.15, 0.2) is 48.5 Å². The zero-order chi connectivity index (χ0) is 19.7. The number of Topliss-reactive ketones (excluding diaryl/α,β-unsaturated/α-hetero) is 1. The van der Waals surface area contributed by atoms with Crippen LogP contribution in [0.2, 0.25) is 5.02 Å². The molecule has 0 amide bonds. The van der Waals surface area contributed by atoms with Crippen molar-refractivity contribution in [2.75, 3.05) is 0 Å². The monoisotopic (exact) mass is 396 g/mol. The van der Waals surface area contributed by atoms with Gasteiger partial charge in [-0.05, 0) is 43.0 Å². The van der Waals surface area contributed by atoms with Gasteiger partial charge < -0.3 is 4.74 Å². The maximum absolute atomic E-state index is 13.2. The van der Waals surface area contributed by atoms with Gasteiger partial charge in [-0.3, -0.25) is 4.79 Å². The number of benzene rings is 2. The van der Waals surface area contributed by atoms with Crippen molar-refractivity contribution in [3.63, 3.8) is 0 Å². The number of carbonyl (C=O) groups is 1. The Morgan fingerprint density at radius 3 is 2.56 bits per heavy atom. The molecule has 0 radical (unpaired) electrons. The van der Waals surface area contributed by atoms with E-state index in [0.29, 0.717) is 25.0 Å². The predicted octanol–water partition coefficient (Wildman–Crippen LogP) is 5.95. The second kappa shape index (κ2) is 7.64. The van der Waals surface area contributed by atoms with Crippen LogP contribution in [0, 0.1) is 0 Å². The molecule has 1 aliphatic rings. The van der Waals surface area contributed by atoms with Crippen molar-refractivity contribution in [3.8, 4) is 0 Å². The Morgan fingerprint density at radius 1 is 1.19 bits per heavy atom. The topological polar surface area (TPSA) is 26.3 Å². The Kier molecular flexibility index (Phi) is 5.63. The molecule has 0 bridgehead atoms. The summed E-state index contributed by atoms with van der Waals surface area (Å²) < 4.78 is 45.6. The van der Waals surface area contributed by atoms with Crippen LogP contribution < -0.4 is 0 Å². The van der Waals surface area contributed by atoms with Gasteiger partial charge in [0, 0.05) is 6.42 Å². The second-order valence-corrected chi connectivity index (χ2v) is 7.52. The van der Waals surface area contributed by atoms with Gasteiger partial charge in [-0.1, -0.05) is 48.0 Å². The molecular formula is C21H20ClF3O2. The first kappa shape index (κ1) is 19.9. The van der Waals surface area contributed by atoms with Gasteiger partial charge in [0.2, 0.25) is 0 Å². The predicted molar refractivity (Wildman–Crippen MR) is 97.7 cm³/mol. The lowest BCUT2D eigenvalue weighted by molar-refractivity contribution is -0.138. The molecule has 1 saturated carbocycles. The number of hydrogen-bond donors (Lipinski definition) is 0. The standard InChI is InChI=1S/C21H20ClF3O2/c1-20(15-7-9-18(22)17(11-15)21(23,24)25)12-16(8-10-19(20)26)27-13-14-5-3-2-4-6-14/h2-7,9,11,16H,8,10,12-13H2,1H3/t16-,20-/m0/s1. The summed E-state index contributed by atoms with van der Waals surface area (Å²) in [7, 11) is 0. The van der Waals surface area contributed by atoms with Gasteiger partial charge in [0.15, 0.2) is 0 Å². The highest BCUT2D eigenvalue weighted by atomic mass is 35.5. The molecule has 1 aliphatic carbocycles. The minimum Gasteiger partial charge on any atom is -0.373 e. The van der Waals surface area contributed by atoms with Gasteiger partial charge in [0.05, 0.1) is 28.7 Å². The molecule has 27 heavy (non-hydrogen) atoms. The maximum Gasteiger partial charge on any atom is 0.417 e. The quantitative estimate of drug-likeness (QED) is 0.637. The molecule has 2 aromatic rings. The molecular weight excluding hydrogens is 377 g/mol. The van der Waals surface area contributed by atoms with E-state index >= 15 is 0 Å². The van der Waals surface area contributed by atoms with Crippen molar-refractivity contribution in [1.82, 2.24) is 0 Å². The minimum atomic E-state index is -4.57. The van der Waals surface area contributed by atoms with Gasteiger partial charge in [-0.15, -0.1) is 0 Å². The van der Waals surface area contributed by atoms with E-state index in [1.807, 2.05) is 30.3 Å². The molecule has 144 valence electrons. The Morgan fingerprint density at radius 2 is 1.89 bits per heavy atom. The fraction of sp³-hybridized carbons (Fsp3) is 0.381. The summed E-state index contributed by atoms with van der Waals surface area (Å²) in [6, 6.07) is 13.4. The molecule has 2 atom stereocenters. The SMILES string of the molecule is C[C@@]1(c2ccc(Cl)c(C(F)(F)F)c2)C[C@@H](OCc2ccccc2)CCC1=O. The van der Waals surface area contributed by atoms with Gasteiger partial charge in [-0.2, -0.15) is 13.2 Å². The molecule has 0 heterocycles. The highest BCUT2D eigenvalue weighted by Gasteiger charge is 2.43. The lowest BCUT2D eigenvalue weighted by atomic mass is 9.68. The van der Waals surface area contributed by atoms with Crippen molar-refractivity contribution in [3.05, 3.63) is 70.2 Å². The molecule has 6 heteroatoms. The van der Waals surface area contributed by atoms with E-state index in [9.17, 15) is 18.0 Å². The number of alkyl halides is 3. The molecule has 2 nitrogen and oxygen atoms in total. The van der Waals surface area contributed by atoms with Crippen LogP contribution in [-0.4, -0.2) is 11.9 Å². The fourth-order valence-corrected chi connectivity index (χ4v) is 3.76. The Labute approximate surface area is 161 Å². The lowest BCUT2D eigenvalue weighted by Gasteiger charge is -2.37. The molecule has 0 saturated heterocycles. The average Bonchev–Trinajstić information content (AvgIpc) is 2.63. The number of hydrogen-bond acceptors (Lipinski definition) is 2. The van der Waals surface area contributed by atoms with Gasteiger partial charge in [0.1, 0.15) is 5.78 Å². The molecule has 0 N–H and O–H groups in total. The minimum absolute atomic E-state index is 0.0718. The van der Waals surface area contributed by atoms with E-state index in [2.05, 4.69) is 0 Å². The summed E-state index contributed by atoms with van der Waals surface area (Å²) in [5.74, 6) is -0.0718. The van der Waals surface area contributed by atoms with Crippen LogP contribution in [0.1, 0.15) is 42.9 Å². The van der Waals surface area contributed by atoms with E-state index in [4.69, 9.17) is 16.3 Å². The van der Waals surface area contributed by atoms with E-state index in [-0.39, 0.29) is 23.3 Å². The van der Waals surface area contributed by atoms with Crippen molar-refractivity contribution in [1.29, 1.82) is 0 Å². The van der Waals surface area contributed by atoms with Gasteiger partial charge in [-0.25, -0.2) is 0 Å². The van der Waals surface area contributed by atoms with E-state index in [1.165, 1.54) is 12.1 Å². The highest BCUT2D eigenvalue weighted by molar-refractivity contribution is 6.31. The smallest absolute Gasteiger partial charge is 0.373 e. The third-order valence-corrected chi connectivity index (χ3v) is 5.51. The van der Waals surface area contributed by atoms with E-state index in [0.717, 1.165) is 11.6 Å². The molecule has 0 spiro atoms. The molecule has 0 aliphatic heterocycles. The van der Waals surface area contributed by atoms with Crippen LogP contribution >= 0.6 is 11.6 Å². The Hall–Kier alpha value is -1.85. The second-order valence-electron chi connectivity index (χ2n) is 7.11. The summed E-state index contributed by atoms with van der Waals surface area (Å²) in [6.45, 7) is 2.10. The number of halogens is 4. The summed E-state index contributed by atoms with van der Waals surface area (Å²) in [5.41, 5.74) is -0.591. The zero-order valence-electron chi connectivity index (χ0n) is 14.9. The molecule has 0 unspecified atom stereocenters. The van der Waals surface area contributed by atoms with Crippen LogP contribution in [0.25, 0.3) is 0 Å². The van der Waals surface area contributed by atoms with Crippen molar-refractivity contribution in [2.24, 2.45) is 0 Å². The Bertz CT molecular complexity index is 820. The summed E-state index contributed by atoms with van der Waals surface area (Å²) in [5, 5.41) is -0.366. The third kappa shape index (κ3) is 4.36. The maximum atomic E-state index is 13.2. The van der Waals surface area contributed by atoms with E-state index < -0.39 is 17.2 Å². The highest BCUT2D eigenvalue weighted by Crippen LogP contribution is 2.42. The van der Waals surface area contributed by atoms with Crippen LogP contribution in [0.4, 0.5) is 13.2 Å². The number of ether oxygens (including phenoxy) is 1. The molecule has 3 rings (SSSR count). The average molecular weight is 397 g/mol. The van der Waals surface area contributed by atoms with Gasteiger partial charge >= 0.3 is 6.18 Å². The first-order valence-corrected chi connectivity index (χ1v) is 9.14. The van der Waals surface area contributed by atoms with Crippen molar-refractivity contribution < 1.29 is 22.7 Å². The summed E-state index contributed by atoms with van der Waals surface area (Å²) in [6.07, 6.45) is -3.57. The van der Waals surface area contributed by atoms with Gasteiger partial charge in [0.25, 0.3) is 0 Å². The first-order valence-electron chi connectivity index (χ1n) is 8.76. The lowest BCUT2D eigenvalue weighted by Crippen LogP contribution is -2.42. The van der Waals surface area contributed by atoms with Crippen molar-refractivity contribution >= 4 is 17.4 Å². The number of rotatable bonds is 4. The van der Waals surface area contributed by atoms with Crippen molar-refractivity contribution in [2.45, 2.75) is 50.5 Å². The molecule has 2 aromatic carbocycles. The summed E-state index contributed by atoms with van der Waals surface area (Å²) >= 11 is 5.72. The van der Waals surface area contributed by atoms with Crippen LogP contribution in [0.3, 0.4) is 0 Å². The molecule has 0 aromatic heterocycles. The van der Waals surface area contributed by atoms with E-state index in [1.54, 1.807) is 6.92 Å². The number of ketones is 1. The van der Waals surface area contributed by atoms with Crippen LogP contribution in [0.5, 0.6) is 0 Å². The Balaban J connectivity index is 1.81. The fourth-order valence-electron chi connectivity index (χ4n) is 3.53. The largest absolute Gasteiger partial charge is 0.417 e. The normalized spacial score (nSPS) is 23.4. The summed E-state index contributed by atoms with van der Waals surface area (Å²) in [4.78, 5) is 12.6. The zero-order valence-corrected chi connectivity index (χ0v) is 15.6. The number of carbonyl (C=O) groups excluding carboxylic acids is 1. The molecule has 1 fully saturated rings.